The van der Waals surface area contributed by atoms with Crippen molar-refractivity contribution in [2.45, 2.75) is 52.4 Å². The Bertz CT molecular complexity index is 581. The molecule has 2 heterocycles. The van der Waals surface area contributed by atoms with Gasteiger partial charge in [-0.2, -0.15) is 0 Å². The molecule has 0 saturated heterocycles. The maximum absolute atomic E-state index is 4.66. The van der Waals surface area contributed by atoms with E-state index in [2.05, 4.69) is 51.9 Å². The van der Waals surface area contributed by atoms with Crippen molar-refractivity contribution >= 4 is 15.9 Å². The van der Waals surface area contributed by atoms with E-state index in [1.165, 1.54) is 36.8 Å². The van der Waals surface area contributed by atoms with Crippen molar-refractivity contribution in [1.29, 1.82) is 0 Å². The van der Waals surface area contributed by atoms with Crippen LogP contribution in [-0.4, -0.2) is 9.97 Å². The molecule has 0 spiro atoms. The molecule has 0 aromatic carbocycles. The van der Waals surface area contributed by atoms with Crippen molar-refractivity contribution in [3.63, 3.8) is 0 Å². The van der Waals surface area contributed by atoms with E-state index >= 15 is 0 Å². The maximum atomic E-state index is 4.66. The average Bonchev–Trinajstić information content (AvgIpc) is 2.51. The number of unbranched alkanes of at least 4 members (excludes halogenated alkanes) is 2. The first-order valence-electron chi connectivity index (χ1n) is 7.85. The molecule has 0 atom stereocenters. The van der Waals surface area contributed by atoms with Crippen molar-refractivity contribution in [2.24, 2.45) is 0 Å². The molecule has 2 rings (SSSR count). The zero-order chi connectivity index (χ0) is 15.1. The molecular weight excluding hydrogens is 324 g/mol. The summed E-state index contributed by atoms with van der Waals surface area (Å²) in [6.45, 7) is 4.44. The van der Waals surface area contributed by atoms with Crippen LogP contribution in [0.1, 0.15) is 50.7 Å². The molecule has 0 N–H and O–H groups in total. The summed E-state index contributed by atoms with van der Waals surface area (Å²) in [4.78, 5) is 9.28. The van der Waals surface area contributed by atoms with Gasteiger partial charge in [-0.25, -0.2) is 0 Å². The van der Waals surface area contributed by atoms with Gasteiger partial charge in [0, 0.05) is 16.9 Å². The predicted octanol–water partition coefficient (Wildman–Crippen LogP) is 5.59. The Morgan fingerprint density at radius 1 is 0.952 bits per heavy atom. The van der Waals surface area contributed by atoms with E-state index in [0.29, 0.717) is 0 Å². The highest BCUT2D eigenvalue weighted by Crippen LogP contribution is 2.27. The smallest absolute Gasteiger partial charge is 0.0921 e. The van der Waals surface area contributed by atoms with Crippen LogP contribution in [0.2, 0.25) is 0 Å². The van der Waals surface area contributed by atoms with Gasteiger partial charge in [-0.1, -0.05) is 32.8 Å². The molecule has 0 unspecified atom stereocenters. The summed E-state index contributed by atoms with van der Waals surface area (Å²) in [5.41, 5.74) is 4.72. The molecule has 0 aliphatic carbocycles. The number of pyridine rings is 2. The van der Waals surface area contributed by atoms with Gasteiger partial charge in [0.2, 0.25) is 0 Å². The van der Waals surface area contributed by atoms with Crippen LogP contribution < -0.4 is 0 Å². The summed E-state index contributed by atoms with van der Waals surface area (Å²) in [6.07, 6.45) is 10.7. The number of halogens is 1. The van der Waals surface area contributed by atoms with Gasteiger partial charge in [0.15, 0.2) is 0 Å². The lowest BCUT2D eigenvalue weighted by Crippen LogP contribution is -2.00. The van der Waals surface area contributed by atoms with Crippen molar-refractivity contribution in [2.75, 3.05) is 0 Å². The molecule has 2 aromatic heterocycles. The molecule has 0 fully saturated rings. The predicted molar refractivity (Wildman–Crippen MR) is 92.4 cm³/mol. The second-order valence-electron chi connectivity index (χ2n) is 5.38. The third-order valence-electron chi connectivity index (χ3n) is 3.65. The summed E-state index contributed by atoms with van der Waals surface area (Å²) >= 11 is 3.54. The molecule has 2 nitrogen and oxygen atoms in total. The van der Waals surface area contributed by atoms with Crippen LogP contribution in [0.25, 0.3) is 11.4 Å². The number of nitrogens with zero attached hydrogens (tertiary/aromatic N) is 2. The van der Waals surface area contributed by atoms with E-state index in [9.17, 15) is 0 Å². The van der Waals surface area contributed by atoms with Gasteiger partial charge < -0.3 is 0 Å². The number of aromatic nitrogens is 2. The van der Waals surface area contributed by atoms with Crippen molar-refractivity contribution < 1.29 is 0 Å². The lowest BCUT2D eigenvalue weighted by Gasteiger charge is -2.12. The fourth-order valence-electron chi connectivity index (χ4n) is 2.47. The first-order chi connectivity index (χ1) is 10.3. The Kier molecular flexibility index (Phi) is 6.37. The summed E-state index contributed by atoms with van der Waals surface area (Å²) in [7, 11) is 0. The lowest BCUT2D eigenvalue weighted by molar-refractivity contribution is 0.786. The minimum Gasteiger partial charge on any atom is -0.254 e. The van der Waals surface area contributed by atoms with E-state index in [4.69, 9.17) is 0 Å². The summed E-state index contributed by atoms with van der Waals surface area (Å²) in [6, 6.07) is 6.40. The number of hydrogen-bond acceptors (Lipinski definition) is 2. The fourth-order valence-corrected chi connectivity index (χ4v) is 2.85. The second-order valence-corrected chi connectivity index (χ2v) is 6.30. The molecule has 0 aliphatic rings. The minimum absolute atomic E-state index is 1.04. The van der Waals surface area contributed by atoms with E-state index in [1.54, 1.807) is 0 Å². The van der Waals surface area contributed by atoms with Crippen molar-refractivity contribution in [1.82, 2.24) is 9.97 Å². The summed E-state index contributed by atoms with van der Waals surface area (Å²) < 4.78 is 1.04. The second kappa shape index (κ2) is 8.28. The Morgan fingerprint density at radius 3 is 2.33 bits per heavy atom. The third-order valence-corrected chi connectivity index (χ3v) is 4.08. The monoisotopic (exact) mass is 346 g/mol. The Labute approximate surface area is 136 Å². The van der Waals surface area contributed by atoms with Gasteiger partial charge in [0.1, 0.15) is 0 Å². The molecular formula is C18H23BrN2. The van der Waals surface area contributed by atoms with Gasteiger partial charge in [-0.15, -0.1) is 0 Å². The summed E-state index contributed by atoms with van der Waals surface area (Å²) in [5, 5.41) is 0. The molecule has 0 aliphatic heterocycles. The SMILES string of the molecule is CCCCc1cccnc1-c1ncc(Br)cc1CCCC. The number of aryl methyl sites for hydroxylation is 2. The highest BCUT2D eigenvalue weighted by atomic mass is 79.9. The topological polar surface area (TPSA) is 25.8 Å². The molecule has 112 valence electrons. The van der Waals surface area contributed by atoms with E-state index in [1.807, 2.05) is 18.5 Å². The van der Waals surface area contributed by atoms with E-state index in [-0.39, 0.29) is 0 Å². The quantitative estimate of drug-likeness (QED) is 0.652. The normalized spacial score (nSPS) is 10.8. The van der Waals surface area contributed by atoms with Crippen LogP contribution in [0.4, 0.5) is 0 Å². The van der Waals surface area contributed by atoms with Crippen molar-refractivity contribution in [3.05, 3.63) is 46.2 Å². The zero-order valence-corrected chi connectivity index (χ0v) is 14.5. The van der Waals surface area contributed by atoms with Crippen LogP contribution in [0, 0.1) is 0 Å². The van der Waals surface area contributed by atoms with Crippen LogP contribution in [-0.2, 0) is 12.8 Å². The lowest BCUT2D eigenvalue weighted by atomic mass is 9.99. The van der Waals surface area contributed by atoms with E-state index in [0.717, 1.165) is 28.7 Å². The average molecular weight is 347 g/mol. The highest BCUT2D eigenvalue weighted by Gasteiger charge is 2.12. The van der Waals surface area contributed by atoms with Crippen LogP contribution in [0.15, 0.2) is 35.1 Å². The van der Waals surface area contributed by atoms with Crippen LogP contribution in [0.5, 0.6) is 0 Å². The first-order valence-corrected chi connectivity index (χ1v) is 8.64. The molecule has 0 bridgehead atoms. The van der Waals surface area contributed by atoms with Gasteiger partial charge in [-0.3, -0.25) is 9.97 Å². The fraction of sp³-hybridized carbons (Fsp3) is 0.444. The Balaban J connectivity index is 2.40. The number of hydrogen-bond donors (Lipinski definition) is 0. The third kappa shape index (κ3) is 4.37. The molecule has 2 aromatic rings. The Morgan fingerprint density at radius 2 is 1.62 bits per heavy atom. The first kappa shape index (κ1) is 16.2. The maximum Gasteiger partial charge on any atom is 0.0921 e. The van der Waals surface area contributed by atoms with Crippen molar-refractivity contribution in [3.8, 4) is 11.4 Å². The van der Waals surface area contributed by atoms with E-state index < -0.39 is 0 Å². The molecule has 3 heteroatoms. The van der Waals surface area contributed by atoms with Gasteiger partial charge in [0.25, 0.3) is 0 Å². The van der Waals surface area contributed by atoms with Crippen LogP contribution >= 0.6 is 15.9 Å². The van der Waals surface area contributed by atoms with Gasteiger partial charge >= 0.3 is 0 Å². The molecule has 0 radical (unpaired) electrons. The molecule has 0 amide bonds. The summed E-state index contributed by atoms with van der Waals surface area (Å²) in [5.74, 6) is 0. The molecule has 21 heavy (non-hydrogen) atoms. The number of rotatable bonds is 7. The van der Waals surface area contributed by atoms with Gasteiger partial charge in [0.05, 0.1) is 11.4 Å². The molecule has 0 saturated carbocycles. The van der Waals surface area contributed by atoms with Gasteiger partial charge in [-0.05, 0) is 64.9 Å². The highest BCUT2D eigenvalue weighted by molar-refractivity contribution is 9.10. The minimum atomic E-state index is 1.04. The largest absolute Gasteiger partial charge is 0.254 e. The zero-order valence-electron chi connectivity index (χ0n) is 12.9. The van der Waals surface area contributed by atoms with Crippen LogP contribution in [0.3, 0.4) is 0 Å². The standard InChI is InChI=1S/C18H23BrN2/c1-3-5-8-14-10-7-11-20-17(14)18-15(9-6-4-2)12-16(19)13-21-18/h7,10-13H,3-6,8-9H2,1-2H3. The Hall–Kier alpha value is -1.22.